The Labute approximate surface area is 149 Å². The van der Waals surface area contributed by atoms with Crippen LogP contribution in [-0.2, 0) is 6.18 Å². The van der Waals surface area contributed by atoms with Crippen LogP contribution in [0.3, 0.4) is 0 Å². The van der Waals surface area contributed by atoms with Crippen LogP contribution < -0.4 is 10.3 Å². The van der Waals surface area contributed by atoms with Gasteiger partial charge < -0.3 is 4.74 Å². The Kier molecular flexibility index (Phi) is 5.66. The Bertz CT molecular complexity index is 779. The van der Waals surface area contributed by atoms with Crippen LogP contribution in [0.25, 0.3) is 5.69 Å². The maximum absolute atomic E-state index is 12.8. The SMILES string of the molecule is O=c1ccc(C(F)(F)F)cn1-c1ccc(OCCN2CCCCC2)cc1. The van der Waals surface area contributed by atoms with Gasteiger partial charge in [0.25, 0.3) is 5.56 Å². The van der Waals surface area contributed by atoms with Gasteiger partial charge >= 0.3 is 6.18 Å². The summed E-state index contributed by atoms with van der Waals surface area (Å²) in [6, 6.07) is 8.20. The molecule has 0 atom stereocenters. The standard InChI is InChI=1S/C19H21F3N2O2/c20-19(21,22)15-4-9-18(25)24(14-15)16-5-7-17(8-6-16)26-13-12-23-10-2-1-3-11-23/h4-9,14H,1-3,10-13H2. The fraction of sp³-hybridized carbons (Fsp3) is 0.421. The molecule has 140 valence electrons. The molecule has 2 aromatic rings. The lowest BCUT2D eigenvalue weighted by atomic mass is 10.1. The summed E-state index contributed by atoms with van der Waals surface area (Å²) in [6.45, 7) is 3.61. The number of halogens is 3. The first kappa shape index (κ1) is 18.5. The lowest BCUT2D eigenvalue weighted by Gasteiger charge is -2.26. The van der Waals surface area contributed by atoms with Crippen molar-refractivity contribution in [1.29, 1.82) is 0 Å². The highest BCUT2D eigenvalue weighted by Gasteiger charge is 2.31. The van der Waals surface area contributed by atoms with Gasteiger partial charge in [0.2, 0.25) is 0 Å². The first-order chi connectivity index (χ1) is 12.4. The van der Waals surface area contributed by atoms with Gasteiger partial charge in [-0.15, -0.1) is 0 Å². The lowest BCUT2D eigenvalue weighted by molar-refractivity contribution is -0.138. The number of likely N-dealkylation sites (tertiary alicyclic amines) is 1. The summed E-state index contributed by atoms with van der Waals surface area (Å²) in [5, 5.41) is 0. The molecule has 0 N–H and O–H groups in total. The molecule has 0 bridgehead atoms. The van der Waals surface area contributed by atoms with Gasteiger partial charge in [-0.05, 0) is 56.3 Å². The highest BCUT2D eigenvalue weighted by molar-refractivity contribution is 5.38. The maximum Gasteiger partial charge on any atom is 0.417 e. The van der Waals surface area contributed by atoms with E-state index in [0.717, 1.165) is 42.5 Å². The van der Waals surface area contributed by atoms with Crippen LogP contribution in [0.1, 0.15) is 24.8 Å². The van der Waals surface area contributed by atoms with Crippen LogP contribution in [0.4, 0.5) is 13.2 Å². The number of hydrogen-bond acceptors (Lipinski definition) is 3. The summed E-state index contributed by atoms with van der Waals surface area (Å²) in [7, 11) is 0. The van der Waals surface area contributed by atoms with Crippen molar-refractivity contribution < 1.29 is 17.9 Å². The van der Waals surface area contributed by atoms with Crippen LogP contribution in [0.2, 0.25) is 0 Å². The minimum absolute atomic E-state index is 0.365. The lowest BCUT2D eigenvalue weighted by Crippen LogP contribution is -2.33. The summed E-state index contributed by atoms with van der Waals surface area (Å²) in [6.07, 6.45) is 0.0517. The van der Waals surface area contributed by atoms with Gasteiger partial charge in [0.05, 0.1) is 5.56 Å². The second kappa shape index (κ2) is 7.95. The molecular weight excluding hydrogens is 345 g/mol. The van der Waals surface area contributed by atoms with E-state index in [1.165, 1.54) is 19.3 Å². The molecule has 1 aliphatic rings. The van der Waals surface area contributed by atoms with E-state index in [1.54, 1.807) is 24.3 Å². The second-order valence-corrected chi connectivity index (χ2v) is 6.37. The van der Waals surface area contributed by atoms with Gasteiger partial charge in [0.15, 0.2) is 0 Å². The number of pyridine rings is 1. The first-order valence-electron chi connectivity index (χ1n) is 8.69. The van der Waals surface area contributed by atoms with Crippen LogP contribution in [-0.4, -0.2) is 35.7 Å². The Balaban J connectivity index is 1.65. The predicted molar refractivity (Wildman–Crippen MR) is 92.8 cm³/mol. The van der Waals surface area contributed by atoms with Gasteiger partial charge in [-0.2, -0.15) is 13.2 Å². The smallest absolute Gasteiger partial charge is 0.417 e. The zero-order valence-corrected chi connectivity index (χ0v) is 14.3. The third-order valence-corrected chi connectivity index (χ3v) is 4.48. The molecule has 1 aliphatic heterocycles. The number of aromatic nitrogens is 1. The number of hydrogen-bond donors (Lipinski definition) is 0. The van der Waals surface area contributed by atoms with E-state index in [9.17, 15) is 18.0 Å². The maximum atomic E-state index is 12.8. The molecule has 2 heterocycles. The van der Waals surface area contributed by atoms with E-state index < -0.39 is 17.3 Å². The molecule has 3 rings (SSSR count). The molecule has 0 unspecified atom stereocenters. The fourth-order valence-corrected chi connectivity index (χ4v) is 3.04. The average Bonchev–Trinajstić information content (AvgIpc) is 2.63. The number of nitrogens with zero attached hydrogens (tertiary/aromatic N) is 2. The molecular formula is C19H21F3N2O2. The van der Waals surface area contributed by atoms with Crippen LogP contribution in [0.5, 0.6) is 5.75 Å². The second-order valence-electron chi connectivity index (χ2n) is 6.37. The van der Waals surface area contributed by atoms with Gasteiger partial charge in [0, 0.05) is 24.5 Å². The molecule has 0 spiro atoms. The minimum atomic E-state index is -4.49. The summed E-state index contributed by atoms with van der Waals surface area (Å²) >= 11 is 0. The quantitative estimate of drug-likeness (QED) is 0.809. The van der Waals surface area contributed by atoms with E-state index in [0.29, 0.717) is 18.0 Å². The molecule has 26 heavy (non-hydrogen) atoms. The summed E-state index contributed by atoms with van der Waals surface area (Å²) in [4.78, 5) is 14.3. The molecule has 1 fully saturated rings. The minimum Gasteiger partial charge on any atom is -0.492 e. The summed E-state index contributed by atoms with van der Waals surface area (Å²) < 4.78 is 45.2. The molecule has 4 nitrogen and oxygen atoms in total. The topological polar surface area (TPSA) is 34.5 Å². The van der Waals surface area contributed by atoms with Crippen molar-refractivity contribution in [2.24, 2.45) is 0 Å². The molecule has 1 aromatic heterocycles. The van der Waals surface area contributed by atoms with Gasteiger partial charge in [-0.1, -0.05) is 6.42 Å². The first-order valence-corrected chi connectivity index (χ1v) is 8.69. The van der Waals surface area contributed by atoms with E-state index in [-0.39, 0.29) is 0 Å². The van der Waals surface area contributed by atoms with E-state index >= 15 is 0 Å². The van der Waals surface area contributed by atoms with Crippen molar-refractivity contribution in [3.05, 3.63) is 58.5 Å². The monoisotopic (exact) mass is 366 g/mol. The van der Waals surface area contributed by atoms with Crippen molar-refractivity contribution in [3.8, 4) is 11.4 Å². The Morgan fingerprint density at radius 1 is 0.962 bits per heavy atom. The zero-order chi connectivity index (χ0) is 18.6. The largest absolute Gasteiger partial charge is 0.492 e. The molecule has 1 saturated heterocycles. The van der Waals surface area contributed by atoms with Crippen LogP contribution in [0.15, 0.2) is 47.4 Å². The van der Waals surface area contributed by atoms with Gasteiger partial charge in [0.1, 0.15) is 12.4 Å². The zero-order valence-electron chi connectivity index (χ0n) is 14.3. The molecule has 7 heteroatoms. The molecule has 0 radical (unpaired) electrons. The molecule has 0 aliphatic carbocycles. The van der Waals surface area contributed by atoms with Crippen LogP contribution in [0, 0.1) is 0 Å². The third-order valence-electron chi connectivity index (χ3n) is 4.48. The van der Waals surface area contributed by atoms with Gasteiger partial charge in [-0.3, -0.25) is 14.3 Å². The van der Waals surface area contributed by atoms with Crippen LogP contribution >= 0.6 is 0 Å². The molecule has 0 amide bonds. The number of piperidine rings is 1. The fourth-order valence-electron chi connectivity index (χ4n) is 3.04. The number of benzene rings is 1. The average molecular weight is 366 g/mol. The highest BCUT2D eigenvalue weighted by atomic mass is 19.4. The van der Waals surface area contributed by atoms with E-state index in [2.05, 4.69) is 4.90 Å². The molecule has 0 saturated carbocycles. The van der Waals surface area contributed by atoms with Crippen molar-refractivity contribution >= 4 is 0 Å². The third kappa shape index (κ3) is 4.66. The number of ether oxygens (including phenoxy) is 1. The van der Waals surface area contributed by atoms with E-state index in [1.807, 2.05) is 0 Å². The van der Waals surface area contributed by atoms with Gasteiger partial charge in [-0.25, -0.2) is 0 Å². The normalized spacial score (nSPS) is 15.8. The summed E-state index contributed by atoms with van der Waals surface area (Å²) in [5.41, 5.74) is -1.01. The van der Waals surface area contributed by atoms with Crippen molar-refractivity contribution in [2.75, 3.05) is 26.2 Å². The Morgan fingerprint density at radius 3 is 2.31 bits per heavy atom. The summed E-state index contributed by atoms with van der Waals surface area (Å²) in [5.74, 6) is 0.630. The number of rotatable bonds is 5. The van der Waals surface area contributed by atoms with Crippen molar-refractivity contribution in [1.82, 2.24) is 9.47 Å². The van der Waals surface area contributed by atoms with Crippen molar-refractivity contribution in [2.45, 2.75) is 25.4 Å². The Morgan fingerprint density at radius 2 is 1.65 bits per heavy atom. The highest BCUT2D eigenvalue weighted by Crippen LogP contribution is 2.28. The number of alkyl halides is 3. The van der Waals surface area contributed by atoms with Crippen molar-refractivity contribution in [3.63, 3.8) is 0 Å². The Hall–Kier alpha value is -2.28. The molecule has 1 aromatic carbocycles. The predicted octanol–water partition coefficient (Wildman–Crippen LogP) is 3.72. The van der Waals surface area contributed by atoms with E-state index in [4.69, 9.17) is 4.74 Å².